The third kappa shape index (κ3) is 1.79. The average molecular weight is 290 g/mol. The molecule has 16 heavy (non-hydrogen) atoms. The van der Waals surface area contributed by atoms with Crippen LogP contribution >= 0.6 is 15.9 Å². The number of imide groups is 1. The Kier molecular flexibility index (Phi) is 2.88. The largest absolute Gasteiger partial charge is 0.339 e. The normalized spacial score (nSPS) is 29.2. The molecule has 2 saturated heterocycles. The molecule has 6 nitrogen and oxygen atoms in total. The Hall–Kier alpha value is -1.11. The molecule has 2 N–H and O–H groups in total. The highest BCUT2D eigenvalue weighted by Crippen LogP contribution is 2.24. The van der Waals surface area contributed by atoms with Gasteiger partial charge in [0.2, 0.25) is 5.91 Å². The van der Waals surface area contributed by atoms with Gasteiger partial charge >= 0.3 is 6.03 Å². The number of urea groups is 1. The van der Waals surface area contributed by atoms with Crippen molar-refractivity contribution < 1.29 is 14.4 Å². The smallest absolute Gasteiger partial charge is 0.322 e. The molecular formula is C9H12BrN3O3. The lowest BCUT2D eigenvalue weighted by molar-refractivity contribution is -0.133. The zero-order valence-electron chi connectivity index (χ0n) is 8.59. The molecule has 0 aromatic carbocycles. The molecule has 2 fully saturated rings. The molecule has 88 valence electrons. The minimum atomic E-state index is -0.910. The van der Waals surface area contributed by atoms with E-state index in [0.29, 0.717) is 19.4 Å². The van der Waals surface area contributed by atoms with Crippen LogP contribution in [0.2, 0.25) is 0 Å². The van der Waals surface area contributed by atoms with Gasteiger partial charge in [-0.05, 0) is 12.8 Å². The van der Waals surface area contributed by atoms with E-state index in [0.717, 1.165) is 0 Å². The molecule has 1 unspecified atom stereocenters. The Morgan fingerprint density at radius 3 is 2.81 bits per heavy atom. The number of carbonyl (C=O) groups is 3. The number of likely N-dealkylation sites (tertiary alicyclic amines) is 1. The van der Waals surface area contributed by atoms with Crippen molar-refractivity contribution in [3.05, 3.63) is 0 Å². The third-order valence-corrected chi connectivity index (χ3v) is 3.45. The van der Waals surface area contributed by atoms with Gasteiger partial charge in [0.25, 0.3) is 5.91 Å². The van der Waals surface area contributed by atoms with Gasteiger partial charge in [0, 0.05) is 6.54 Å². The van der Waals surface area contributed by atoms with Gasteiger partial charge < -0.3 is 10.2 Å². The van der Waals surface area contributed by atoms with Gasteiger partial charge in [0.05, 0.1) is 11.9 Å². The van der Waals surface area contributed by atoms with Crippen LogP contribution in [0.3, 0.4) is 0 Å². The molecule has 1 spiro atoms. The fourth-order valence-electron chi connectivity index (χ4n) is 2.17. The van der Waals surface area contributed by atoms with Crippen molar-refractivity contribution in [3.8, 4) is 0 Å². The number of rotatable bonds is 1. The van der Waals surface area contributed by atoms with Gasteiger partial charge in [0.1, 0.15) is 5.54 Å². The van der Waals surface area contributed by atoms with E-state index in [2.05, 4.69) is 26.6 Å². The number of halogens is 1. The minimum Gasteiger partial charge on any atom is -0.339 e. The summed E-state index contributed by atoms with van der Waals surface area (Å²) in [6.45, 7) is 0.893. The van der Waals surface area contributed by atoms with Gasteiger partial charge in [-0.25, -0.2) is 4.79 Å². The molecule has 0 aliphatic carbocycles. The van der Waals surface area contributed by atoms with Crippen molar-refractivity contribution in [2.45, 2.75) is 18.4 Å². The number of piperidine rings is 1. The lowest BCUT2D eigenvalue weighted by Gasteiger charge is -2.37. The van der Waals surface area contributed by atoms with Gasteiger partial charge in [-0.2, -0.15) is 0 Å². The fourth-order valence-corrected chi connectivity index (χ4v) is 2.52. The van der Waals surface area contributed by atoms with E-state index in [4.69, 9.17) is 0 Å². The van der Waals surface area contributed by atoms with Crippen LogP contribution in [0.1, 0.15) is 12.8 Å². The standard InChI is InChI=1S/C9H12BrN3O3/c10-4-6(14)13-3-1-2-9(5-13)7(15)11-8(16)12-9/h1-5H2,(H2,11,12,15,16). The summed E-state index contributed by atoms with van der Waals surface area (Å²) in [5.41, 5.74) is -0.910. The fraction of sp³-hybridized carbons (Fsp3) is 0.667. The summed E-state index contributed by atoms with van der Waals surface area (Å²) in [6.07, 6.45) is 1.29. The Bertz CT molecular complexity index is 360. The molecule has 0 aromatic rings. The molecule has 1 atom stereocenters. The number of nitrogens with one attached hydrogen (secondary N) is 2. The summed E-state index contributed by atoms with van der Waals surface area (Å²) in [5, 5.41) is 5.07. The van der Waals surface area contributed by atoms with Crippen molar-refractivity contribution in [2.75, 3.05) is 18.4 Å². The summed E-state index contributed by atoms with van der Waals surface area (Å²) in [4.78, 5) is 35.9. The van der Waals surface area contributed by atoms with E-state index < -0.39 is 11.6 Å². The average Bonchev–Trinajstić information content (AvgIpc) is 2.52. The van der Waals surface area contributed by atoms with Gasteiger partial charge in [-0.15, -0.1) is 0 Å². The number of hydrogen-bond acceptors (Lipinski definition) is 3. The van der Waals surface area contributed by atoms with Crippen LogP contribution in [0, 0.1) is 0 Å². The lowest BCUT2D eigenvalue weighted by atomic mass is 9.89. The topological polar surface area (TPSA) is 78.5 Å². The van der Waals surface area contributed by atoms with Crippen LogP contribution < -0.4 is 10.6 Å². The molecule has 7 heteroatoms. The quantitative estimate of drug-likeness (QED) is 0.508. The molecule has 2 rings (SSSR count). The molecule has 2 heterocycles. The van der Waals surface area contributed by atoms with Gasteiger partial charge in [0.15, 0.2) is 0 Å². The molecule has 0 saturated carbocycles. The van der Waals surface area contributed by atoms with E-state index in [-0.39, 0.29) is 23.7 Å². The van der Waals surface area contributed by atoms with Crippen LogP contribution in [0.15, 0.2) is 0 Å². The Morgan fingerprint density at radius 1 is 1.50 bits per heavy atom. The van der Waals surface area contributed by atoms with Gasteiger partial charge in [-0.3, -0.25) is 14.9 Å². The van der Waals surface area contributed by atoms with Gasteiger partial charge in [-0.1, -0.05) is 15.9 Å². The predicted octanol–water partition coefficient (Wildman–Crippen LogP) is -0.418. The van der Waals surface area contributed by atoms with E-state index in [1.807, 2.05) is 0 Å². The monoisotopic (exact) mass is 289 g/mol. The maximum Gasteiger partial charge on any atom is 0.322 e. The Balaban J connectivity index is 2.15. The summed E-state index contributed by atoms with van der Waals surface area (Å²) >= 11 is 3.10. The number of carbonyl (C=O) groups excluding carboxylic acids is 3. The van der Waals surface area contributed by atoms with Crippen molar-refractivity contribution in [1.29, 1.82) is 0 Å². The van der Waals surface area contributed by atoms with Crippen molar-refractivity contribution in [3.63, 3.8) is 0 Å². The first-order valence-electron chi connectivity index (χ1n) is 5.05. The highest BCUT2D eigenvalue weighted by molar-refractivity contribution is 9.09. The maximum atomic E-state index is 11.7. The second-order valence-corrected chi connectivity index (χ2v) is 4.60. The summed E-state index contributed by atoms with van der Waals surface area (Å²) in [5.74, 6) is -0.391. The molecule has 0 radical (unpaired) electrons. The van der Waals surface area contributed by atoms with Crippen LogP contribution in [0.25, 0.3) is 0 Å². The summed E-state index contributed by atoms with van der Waals surface area (Å²) < 4.78 is 0. The van der Waals surface area contributed by atoms with E-state index >= 15 is 0 Å². The SMILES string of the molecule is O=C1NC(=O)C2(CCCN(C(=O)CBr)C2)N1. The van der Waals surface area contributed by atoms with Crippen molar-refractivity contribution in [2.24, 2.45) is 0 Å². The van der Waals surface area contributed by atoms with Crippen molar-refractivity contribution in [1.82, 2.24) is 15.5 Å². The van der Waals surface area contributed by atoms with E-state index in [9.17, 15) is 14.4 Å². The van der Waals surface area contributed by atoms with Crippen LogP contribution in [0.5, 0.6) is 0 Å². The van der Waals surface area contributed by atoms with Crippen LogP contribution in [-0.4, -0.2) is 46.7 Å². The zero-order valence-corrected chi connectivity index (χ0v) is 10.2. The van der Waals surface area contributed by atoms with Crippen LogP contribution in [-0.2, 0) is 9.59 Å². The predicted molar refractivity (Wildman–Crippen MR) is 59.0 cm³/mol. The molecular weight excluding hydrogens is 278 g/mol. The zero-order chi connectivity index (χ0) is 11.8. The summed E-state index contributed by atoms with van der Waals surface area (Å²) in [6, 6.07) is -0.474. The van der Waals surface area contributed by atoms with E-state index in [1.165, 1.54) is 0 Å². The molecule has 0 bridgehead atoms. The first-order chi connectivity index (χ1) is 7.57. The third-order valence-electron chi connectivity index (χ3n) is 2.97. The first-order valence-corrected chi connectivity index (χ1v) is 6.17. The maximum absolute atomic E-state index is 11.7. The molecule has 2 aliphatic rings. The number of nitrogens with zero attached hydrogens (tertiary/aromatic N) is 1. The molecule has 0 aromatic heterocycles. The highest BCUT2D eigenvalue weighted by Gasteiger charge is 2.49. The lowest BCUT2D eigenvalue weighted by Crippen LogP contribution is -2.59. The minimum absolute atomic E-state index is 0.0620. The highest BCUT2D eigenvalue weighted by atomic mass is 79.9. The van der Waals surface area contributed by atoms with E-state index in [1.54, 1.807) is 4.90 Å². The number of amides is 4. The van der Waals surface area contributed by atoms with Crippen molar-refractivity contribution >= 4 is 33.8 Å². The molecule has 2 aliphatic heterocycles. The Morgan fingerprint density at radius 2 is 2.25 bits per heavy atom. The number of alkyl halides is 1. The summed E-state index contributed by atoms with van der Waals surface area (Å²) in [7, 11) is 0. The van der Waals surface area contributed by atoms with Crippen LogP contribution in [0.4, 0.5) is 4.79 Å². The second kappa shape index (κ2) is 4.04. The Labute approximate surface area is 101 Å². The molecule has 4 amide bonds. The first kappa shape index (κ1) is 11.4. The second-order valence-electron chi connectivity index (χ2n) is 4.04. The number of hydrogen-bond donors (Lipinski definition) is 2.